The second-order valence-electron chi connectivity index (χ2n) is 5.37. The van der Waals surface area contributed by atoms with Gasteiger partial charge in [-0.05, 0) is 36.2 Å². The summed E-state index contributed by atoms with van der Waals surface area (Å²) in [5.74, 6) is 0.0486. The third-order valence-electron chi connectivity index (χ3n) is 4.00. The summed E-state index contributed by atoms with van der Waals surface area (Å²) in [5.41, 5.74) is 4.82. The number of amides is 1. The number of aliphatic imine (C=N–C) groups is 1. The second-order valence-corrected chi connectivity index (χ2v) is 5.37. The maximum Gasteiger partial charge on any atom is 0.261 e. The van der Waals surface area contributed by atoms with Gasteiger partial charge in [0.25, 0.3) is 5.91 Å². The Kier molecular flexibility index (Phi) is 2.30. The predicted molar refractivity (Wildman–Crippen MR) is 80.1 cm³/mol. The van der Waals surface area contributed by atoms with Crippen LogP contribution in [0.2, 0.25) is 0 Å². The second kappa shape index (κ2) is 4.04. The number of fused-ring (bicyclic) bond motifs is 4. The van der Waals surface area contributed by atoms with Crippen molar-refractivity contribution in [2.24, 2.45) is 4.99 Å². The summed E-state index contributed by atoms with van der Waals surface area (Å²) in [5, 5.41) is 0. The summed E-state index contributed by atoms with van der Waals surface area (Å²) in [6.07, 6.45) is 2.75. The van der Waals surface area contributed by atoms with Gasteiger partial charge >= 0.3 is 0 Å². The molecule has 1 amide bonds. The van der Waals surface area contributed by atoms with Gasteiger partial charge in [0.2, 0.25) is 0 Å². The lowest BCUT2D eigenvalue weighted by atomic mass is 10.1. The van der Waals surface area contributed by atoms with Gasteiger partial charge in [0.05, 0.1) is 17.3 Å². The number of para-hydroxylation sites is 1. The highest BCUT2D eigenvalue weighted by atomic mass is 16.2. The van der Waals surface area contributed by atoms with Crippen LogP contribution in [0.3, 0.4) is 0 Å². The molecule has 4 rings (SSSR count). The molecule has 2 aromatic rings. The first kappa shape index (κ1) is 11.4. The number of aryl methyl sites for hydroxylation is 1. The standard InChI is InChI=1S/C17H14N2O/c1-11-6-7-14-15(8-11)18-10-13-9-12-4-2-3-5-16(12)19(13)17(14)20/h2-8,10,13H,9H2,1H3/t13-/m0/s1. The number of rotatable bonds is 0. The van der Waals surface area contributed by atoms with E-state index in [9.17, 15) is 4.79 Å². The van der Waals surface area contributed by atoms with Gasteiger partial charge in [-0.1, -0.05) is 24.3 Å². The van der Waals surface area contributed by atoms with Crippen LogP contribution in [0.4, 0.5) is 11.4 Å². The molecule has 0 saturated carbocycles. The van der Waals surface area contributed by atoms with Gasteiger partial charge in [-0.15, -0.1) is 0 Å². The van der Waals surface area contributed by atoms with E-state index >= 15 is 0 Å². The van der Waals surface area contributed by atoms with E-state index in [1.165, 1.54) is 5.56 Å². The summed E-state index contributed by atoms with van der Waals surface area (Å²) in [7, 11) is 0. The highest BCUT2D eigenvalue weighted by molar-refractivity contribution is 6.14. The first-order chi connectivity index (χ1) is 9.74. The van der Waals surface area contributed by atoms with Crippen molar-refractivity contribution in [1.29, 1.82) is 0 Å². The minimum absolute atomic E-state index is 0.0348. The number of hydrogen-bond donors (Lipinski definition) is 0. The average molecular weight is 262 g/mol. The minimum atomic E-state index is 0.0348. The topological polar surface area (TPSA) is 32.7 Å². The molecule has 2 aromatic carbocycles. The van der Waals surface area contributed by atoms with Gasteiger partial charge in [-0.2, -0.15) is 0 Å². The zero-order chi connectivity index (χ0) is 13.7. The van der Waals surface area contributed by atoms with Crippen LogP contribution in [-0.2, 0) is 6.42 Å². The van der Waals surface area contributed by atoms with Crippen molar-refractivity contribution >= 4 is 23.5 Å². The molecule has 0 bridgehead atoms. The van der Waals surface area contributed by atoms with E-state index in [0.29, 0.717) is 5.56 Å². The van der Waals surface area contributed by atoms with E-state index in [1.807, 2.05) is 54.4 Å². The summed E-state index contributed by atoms with van der Waals surface area (Å²) in [4.78, 5) is 19.2. The molecule has 1 atom stereocenters. The molecule has 0 spiro atoms. The quantitative estimate of drug-likeness (QED) is 0.717. The third-order valence-corrected chi connectivity index (χ3v) is 4.00. The van der Waals surface area contributed by atoms with Gasteiger partial charge in [-0.3, -0.25) is 14.7 Å². The Morgan fingerprint density at radius 3 is 2.95 bits per heavy atom. The van der Waals surface area contributed by atoms with Crippen LogP contribution >= 0.6 is 0 Å². The minimum Gasteiger partial charge on any atom is -0.299 e. The first-order valence-electron chi connectivity index (χ1n) is 6.80. The lowest BCUT2D eigenvalue weighted by molar-refractivity contribution is 0.0987. The van der Waals surface area contributed by atoms with Crippen molar-refractivity contribution in [1.82, 2.24) is 0 Å². The molecule has 2 heterocycles. The van der Waals surface area contributed by atoms with Gasteiger partial charge in [-0.25, -0.2) is 0 Å². The molecule has 0 fully saturated rings. The van der Waals surface area contributed by atoms with Crippen molar-refractivity contribution in [3.8, 4) is 0 Å². The fourth-order valence-corrected chi connectivity index (χ4v) is 3.02. The molecule has 0 aromatic heterocycles. The molecule has 3 nitrogen and oxygen atoms in total. The van der Waals surface area contributed by atoms with Crippen molar-refractivity contribution < 1.29 is 4.79 Å². The van der Waals surface area contributed by atoms with E-state index in [1.54, 1.807) is 0 Å². The summed E-state index contributed by atoms with van der Waals surface area (Å²) in [6, 6.07) is 13.9. The smallest absolute Gasteiger partial charge is 0.261 e. The number of benzene rings is 2. The van der Waals surface area contributed by atoms with Crippen molar-refractivity contribution in [2.45, 2.75) is 19.4 Å². The molecular weight excluding hydrogens is 248 g/mol. The fraction of sp³-hybridized carbons (Fsp3) is 0.176. The van der Waals surface area contributed by atoms with Gasteiger partial charge < -0.3 is 0 Å². The van der Waals surface area contributed by atoms with E-state index in [0.717, 1.165) is 23.4 Å². The first-order valence-corrected chi connectivity index (χ1v) is 6.80. The fourth-order valence-electron chi connectivity index (χ4n) is 3.02. The number of carbonyl (C=O) groups excluding carboxylic acids is 1. The lowest BCUT2D eigenvalue weighted by Gasteiger charge is -2.21. The zero-order valence-electron chi connectivity index (χ0n) is 11.2. The number of nitrogens with zero attached hydrogens (tertiary/aromatic N) is 2. The normalized spacial score (nSPS) is 19.4. The average Bonchev–Trinajstić information content (AvgIpc) is 2.76. The van der Waals surface area contributed by atoms with Gasteiger partial charge in [0, 0.05) is 18.3 Å². The maximum atomic E-state index is 12.8. The van der Waals surface area contributed by atoms with E-state index in [-0.39, 0.29) is 11.9 Å². The van der Waals surface area contributed by atoms with Crippen molar-refractivity contribution in [3.05, 3.63) is 59.2 Å². The van der Waals surface area contributed by atoms with Crippen molar-refractivity contribution in [3.63, 3.8) is 0 Å². The third kappa shape index (κ3) is 1.53. The van der Waals surface area contributed by atoms with Crippen LogP contribution < -0.4 is 4.90 Å². The molecule has 2 aliphatic rings. The van der Waals surface area contributed by atoms with Crippen LogP contribution in [0.1, 0.15) is 21.5 Å². The van der Waals surface area contributed by atoms with Crippen molar-refractivity contribution in [2.75, 3.05) is 4.90 Å². The predicted octanol–water partition coefficient (Wildman–Crippen LogP) is 3.28. The van der Waals surface area contributed by atoms with Crippen LogP contribution in [-0.4, -0.2) is 18.2 Å². The Morgan fingerprint density at radius 1 is 1.20 bits per heavy atom. The Bertz CT molecular complexity index is 748. The Hall–Kier alpha value is -2.42. The maximum absolute atomic E-state index is 12.8. The number of anilines is 1. The SMILES string of the molecule is Cc1ccc2c(c1)N=C[C@@H]1Cc3ccccc3N1C2=O. The molecule has 3 heteroatoms. The molecule has 0 unspecified atom stereocenters. The Labute approximate surface area is 117 Å². The van der Waals surface area contributed by atoms with Crippen LogP contribution in [0.5, 0.6) is 0 Å². The summed E-state index contributed by atoms with van der Waals surface area (Å²) < 4.78 is 0. The molecule has 2 aliphatic heterocycles. The molecule has 0 saturated heterocycles. The molecule has 0 aliphatic carbocycles. The largest absolute Gasteiger partial charge is 0.299 e. The molecule has 0 radical (unpaired) electrons. The molecule has 98 valence electrons. The Balaban J connectivity index is 1.89. The van der Waals surface area contributed by atoms with E-state index in [4.69, 9.17) is 0 Å². The van der Waals surface area contributed by atoms with Gasteiger partial charge in [0.15, 0.2) is 0 Å². The highest BCUT2D eigenvalue weighted by Gasteiger charge is 2.35. The monoisotopic (exact) mass is 262 g/mol. The summed E-state index contributed by atoms with van der Waals surface area (Å²) >= 11 is 0. The summed E-state index contributed by atoms with van der Waals surface area (Å²) in [6.45, 7) is 2.02. The van der Waals surface area contributed by atoms with Crippen LogP contribution in [0, 0.1) is 6.92 Å². The lowest BCUT2D eigenvalue weighted by Crippen LogP contribution is -2.37. The molecule has 20 heavy (non-hydrogen) atoms. The molecule has 0 N–H and O–H groups in total. The Morgan fingerprint density at radius 2 is 2.05 bits per heavy atom. The van der Waals surface area contributed by atoms with Gasteiger partial charge in [0.1, 0.15) is 0 Å². The molecular formula is C17H14N2O. The van der Waals surface area contributed by atoms with Crippen LogP contribution in [0.25, 0.3) is 0 Å². The zero-order valence-corrected chi connectivity index (χ0v) is 11.2. The number of carbonyl (C=O) groups is 1. The highest BCUT2D eigenvalue weighted by Crippen LogP contribution is 2.36. The number of hydrogen-bond acceptors (Lipinski definition) is 2. The van der Waals surface area contributed by atoms with Crippen LogP contribution in [0.15, 0.2) is 47.5 Å². The van der Waals surface area contributed by atoms with E-state index < -0.39 is 0 Å². The van der Waals surface area contributed by atoms with E-state index in [2.05, 4.69) is 11.1 Å².